The second-order valence-electron chi connectivity index (χ2n) is 5.69. The fourth-order valence-corrected chi connectivity index (χ4v) is 2.54. The fourth-order valence-electron chi connectivity index (χ4n) is 2.54. The fraction of sp³-hybridized carbons (Fsp3) is 0.562. The summed E-state index contributed by atoms with van der Waals surface area (Å²) < 4.78 is 5.78. The summed E-state index contributed by atoms with van der Waals surface area (Å²) in [6, 6.07) is 10.9. The molecule has 1 N–H and O–H groups in total. The smallest absolute Gasteiger partial charge is 0.317 e. The average molecular weight is 274 g/mol. The molecule has 1 atom stereocenters. The van der Waals surface area contributed by atoms with Crippen molar-refractivity contribution in [2.75, 3.05) is 19.7 Å². The summed E-state index contributed by atoms with van der Waals surface area (Å²) in [6.07, 6.45) is 4.40. The number of hydrogen-bond acceptors (Lipinski definition) is 2. The number of morpholine rings is 1. The number of nitrogens with zero attached hydrogens (tertiary/aromatic N) is 1. The minimum absolute atomic E-state index is 0.0838. The highest BCUT2D eigenvalue weighted by atomic mass is 16.5. The zero-order chi connectivity index (χ0) is 13.8. The molecule has 4 nitrogen and oxygen atoms in total. The van der Waals surface area contributed by atoms with Crippen LogP contribution in [0.3, 0.4) is 0 Å². The van der Waals surface area contributed by atoms with Crippen LogP contribution in [0.15, 0.2) is 30.3 Å². The summed E-state index contributed by atoms with van der Waals surface area (Å²) in [7, 11) is 0. The van der Waals surface area contributed by atoms with Gasteiger partial charge in [-0.3, -0.25) is 0 Å². The van der Waals surface area contributed by atoms with E-state index < -0.39 is 0 Å². The topological polar surface area (TPSA) is 41.6 Å². The average Bonchev–Trinajstić information content (AvgIpc) is 3.30. The van der Waals surface area contributed by atoms with Crippen LogP contribution in [0, 0.1) is 0 Å². The van der Waals surface area contributed by atoms with Gasteiger partial charge >= 0.3 is 6.03 Å². The van der Waals surface area contributed by atoms with E-state index in [4.69, 9.17) is 4.74 Å². The minimum atomic E-state index is 0.0838. The Hall–Kier alpha value is -1.55. The molecule has 20 heavy (non-hydrogen) atoms. The molecule has 1 aliphatic heterocycles. The van der Waals surface area contributed by atoms with Crippen LogP contribution in [-0.4, -0.2) is 42.8 Å². The number of rotatable bonds is 4. The third-order valence-electron chi connectivity index (χ3n) is 3.93. The van der Waals surface area contributed by atoms with Gasteiger partial charge in [0.05, 0.1) is 12.7 Å². The van der Waals surface area contributed by atoms with Crippen LogP contribution >= 0.6 is 0 Å². The van der Waals surface area contributed by atoms with E-state index in [1.165, 1.54) is 5.56 Å². The van der Waals surface area contributed by atoms with E-state index in [1.807, 2.05) is 11.0 Å². The number of hydrogen-bond donors (Lipinski definition) is 1. The maximum atomic E-state index is 12.0. The molecule has 1 unspecified atom stereocenters. The van der Waals surface area contributed by atoms with Crippen LogP contribution in [-0.2, 0) is 11.2 Å². The van der Waals surface area contributed by atoms with Crippen molar-refractivity contribution >= 4 is 6.03 Å². The van der Waals surface area contributed by atoms with Gasteiger partial charge in [0.15, 0.2) is 0 Å². The summed E-state index contributed by atoms with van der Waals surface area (Å²) in [5.74, 6) is 0. The van der Waals surface area contributed by atoms with Gasteiger partial charge in [-0.25, -0.2) is 4.79 Å². The lowest BCUT2D eigenvalue weighted by molar-refractivity contribution is -0.0176. The summed E-state index contributed by atoms with van der Waals surface area (Å²) in [5, 5.41) is 3.05. The molecule has 2 fully saturated rings. The molecule has 2 amide bonds. The Morgan fingerprint density at radius 3 is 2.85 bits per heavy atom. The molecule has 1 aromatic rings. The van der Waals surface area contributed by atoms with Gasteiger partial charge < -0.3 is 15.0 Å². The van der Waals surface area contributed by atoms with Gasteiger partial charge in [-0.2, -0.15) is 0 Å². The zero-order valence-corrected chi connectivity index (χ0v) is 11.8. The predicted molar refractivity (Wildman–Crippen MR) is 77.6 cm³/mol. The second kappa shape index (κ2) is 6.27. The van der Waals surface area contributed by atoms with Crippen LogP contribution in [0.2, 0.25) is 0 Å². The molecule has 4 heteroatoms. The quantitative estimate of drug-likeness (QED) is 0.914. The standard InChI is InChI=1S/C16H22N2O2/c19-16(17-14-7-8-14)18-10-11-20-15(12-18)9-6-13-4-2-1-3-5-13/h1-5,14-15H,6-12H2,(H,17,19). The number of carbonyl (C=O) groups is 1. The number of benzene rings is 1. The first-order valence-corrected chi connectivity index (χ1v) is 7.52. The Morgan fingerprint density at radius 1 is 1.30 bits per heavy atom. The first-order chi connectivity index (χ1) is 9.81. The van der Waals surface area contributed by atoms with E-state index in [1.54, 1.807) is 0 Å². The van der Waals surface area contributed by atoms with E-state index in [0.717, 1.165) is 25.7 Å². The van der Waals surface area contributed by atoms with Crippen molar-refractivity contribution in [3.8, 4) is 0 Å². The first-order valence-electron chi connectivity index (χ1n) is 7.52. The lowest BCUT2D eigenvalue weighted by Gasteiger charge is -2.33. The molecule has 108 valence electrons. The van der Waals surface area contributed by atoms with Gasteiger partial charge in [0.1, 0.15) is 0 Å². The predicted octanol–water partition coefficient (Wildman–Crippen LogP) is 2.19. The van der Waals surface area contributed by atoms with Crippen LogP contribution in [0.4, 0.5) is 4.79 Å². The van der Waals surface area contributed by atoms with E-state index in [9.17, 15) is 4.79 Å². The number of aryl methyl sites for hydroxylation is 1. The highest BCUT2D eigenvalue weighted by Gasteiger charge is 2.29. The molecular weight excluding hydrogens is 252 g/mol. The maximum Gasteiger partial charge on any atom is 0.317 e. The van der Waals surface area contributed by atoms with Crippen molar-refractivity contribution in [2.45, 2.75) is 37.8 Å². The molecule has 0 aromatic heterocycles. The molecule has 1 aromatic carbocycles. The van der Waals surface area contributed by atoms with Crippen molar-refractivity contribution in [3.63, 3.8) is 0 Å². The van der Waals surface area contributed by atoms with Crippen LogP contribution in [0.5, 0.6) is 0 Å². The van der Waals surface area contributed by atoms with E-state index in [2.05, 4.69) is 29.6 Å². The molecule has 2 aliphatic rings. The van der Waals surface area contributed by atoms with Crippen molar-refractivity contribution in [1.82, 2.24) is 10.2 Å². The Balaban J connectivity index is 1.46. The highest BCUT2D eigenvalue weighted by Crippen LogP contribution is 2.19. The van der Waals surface area contributed by atoms with Crippen LogP contribution in [0.25, 0.3) is 0 Å². The highest BCUT2D eigenvalue weighted by molar-refractivity contribution is 5.75. The summed E-state index contributed by atoms with van der Waals surface area (Å²) in [4.78, 5) is 13.9. The normalized spacial score (nSPS) is 22.6. The summed E-state index contributed by atoms with van der Waals surface area (Å²) in [5.41, 5.74) is 1.33. The molecule has 1 heterocycles. The Kier molecular flexibility index (Phi) is 4.21. The first kappa shape index (κ1) is 13.4. The van der Waals surface area contributed by atoms with Gasteiger partial charge in [-0.15, -0.1) is 0 Å². The molecular formula is C16H22N2O2. The van der Waals surface area contributed by atoms with E-state index in [0.29, 0.717) is 25.7 Å². The van der Waals surface area contributed by atoms with Crippen LogP contribution < -0.4 is 5.32 Å². The Labute approximate surface area is 120 Å². The minimum Gasteiger partial charge on any atom is -0.375 e. The van der Waals surface area contributed by atoms with Gasteiger partial charge in [-0.05, 0) is 31.2 Å². The molecule has 0 spiro atoms. The van der Waals surface area contributed by atoms with Crippen molar-refractivity contribution in [3.05, 3.63) is 35.9 Å². The molecule has 1 aliphatic carbocycles. The maximum absolute atomic E-state index is 12.0. The summed E-state index contributed by atoms with van der Waals surface area (Å²) >= 11 is 0. The van der Waals surface area contributed by atoms with Crippen LogP contribution in [0.1, 0.15) is 24.8 Å². The van der Waals surface area contributed by atoms with E-state index in [-0.39, 0.29) is 12.1 Å². The van der Waals surface area contributed by atoms with Gasteiger partial charge in [0.25, 0.3) is 0 Å². The number of carbonyl (C=O) groups excluding carboxylic acids is 1. The molecule has 3 rings (SSSR count). The monoisotopic (exact) mass is 274 g/mol. The number of amides is 2. The second-order valence-corrected chi connectivity index (χ2v) is 5.69. The van der Waals surface area contributed by atoms with Gasteiger partial charge in [-0.1, -0.05) is 30.3 Å². The SMILES string of the molecule is O=C(NC1CC1)N1CCOC(CCc2ccccc2)C1. The lowest BCUT2D eigenvalue weighted by Crippen LogP contribution is -2.50. The summed E-state index contributed by atoms with van der Waals surface area (Å²) in [6.45, 7) is 2.07. The third kappa shape index (κ3) is 3.73. The Morgan fingerprint density at radius 2 is 2.10 bits per heavy atom. The molecule has 1 saturated carbocycles. The third-order valence-corrected chi connectivity index (χ3v) is 3.93. The van der Waals surface area contributed by atoms with Crippen molar-refractivity contribution < 1.29 is 9.53 Å². The van der Waals surface area contributed by atoms with Gasteiger partial charge in [0.2, 0.25) is 0 Å². The molecule has 1 saturated heterocycles. The van der Waals surface area contributed by atoms with E-state index >= 15 is 0 Å². The molecule has 0 bridgehead atoms. The largest absolute Gasteiger partial charge is 0.375 e. The number of nitrogens with one attached hydrogen (secondary N) is 1. The van der Waals surface area contributed by atoms with Crippen molar-refractivity contribution in [2.24, 2.45) is 0 Å². The number of ether oxygens (including phenoxy) is 1. The number of urea groups is 1. The molecule has 0 radical (unpaired) electrons. The lowest BCUT2D eigenvalue weighted by atomic mass is 10.1. The Bertz CT molecular complexity index is 445. The van der Waals surface area contributed by atoms with Gasteiger partial charge in [0, 0.05) is 19.1 Å². The zero-order valence-electron chi connectivity index (χ0n) is 11.8. The van der Waals surface area contributed by atoms with Crippen molar-refractivity contribution in [1.29, 1.82) is 0 Å².